The van der Waals surface area contributed by atoms with Gasteiger partial charge in [0.15, 0.2) is 0 Å². The molecule has 0 spiro atoms. The number of aryl methyl sites for hydroxylation is 2. The topological polar surface area (TPSA) is 60.4 Å². The molecule has 0 radical (unpaired) electrons. The van der Waals surface area contributed by atoms with Crippen LogP contribution in [0.5, 0.6) is 0 Å². The van der Waals surface area contributed by atoms with Gasteiger partial charge in [-0.05, 0) is 20.8 Å². The Morgan fingerprint density at radius 2 is 2.05 bits per heavy atom. The number of rotatable bonds is 6. The van der Waals surface area contributed by atoms with Gasteiger partial charge >= 0.3 is 0 Å². The summed E-state index contributed by atoms with van der Waals surface area (Å²) in [7, 11) is 1.68. The monoisotopic (exact) mass is 264 g/mol. The number of methoxy groups -OCH3 is 1. The highest BCUT2D eigenvalue weighted by atomic mass is 16.5. The van der Waals surface area contributed by atoms with E-state index in [4.69, 9.17) is 13.6 Å². The number of oxazole rings is 1. The Kier molecular flexibility index (Phi) is 4.39. The van der Waals surface area contributed by atoms with E-state index in [0.29, 0.717) is 19.0 Å². The van der Waals surface area contributed by atoms with E-state index in [2.05, 4.69) is 10.3 Å². The molecule has 2 aromatic rings. The number of nitrogens with zero attached hydrogens (tertiary/aromatic N) is 1. The first kappa shape index (κ1) is 13.8. The van der Waals surface area contributed by atoms with Crippen LogP contribution < -0.4 is 5.32 Å². The van der Waals surface area contributed by atoms with Crippen molar-refractivity contribution < 1.29 is 13.6 Å². The fourth-order valence-corrected chi connectivity index (χ4v) is 2.00. The Labute approximate surface area is 113 Å². The fourth-order valence-electron chi connectivity index (χ4n) is 2.00. The average Bonchev–Trinajstić information content (AvgIpc) is 2.91. The number of hydrogen-bond acceptors (Lipinski definition) is 5. The van der Waals surface area contributed by atoms with E-state index >= 15 is 0 Å². The number of nitrogens with one attached hydrogen (secondary N) is 1. The van der Waals surface area contributed by atoms with Crippen LogP contribution in [0.2, 0.25) is 0 Å². The Morgan fingerprint density at radius 3 is 2.68 bits per heavy atom. The molecule has 0 unspecified atom stereocenters. The summed E-state index contributed by atoms with van der Waals surface area (Å²) < 4.78 is 16.1. The third-order valence-corrected chi connectivity index (χ3v) is 3.12. The van der Waals surface area contributed by atoms with Crippen molar-refractivity contribution in [2.24, 2.45) is 0 Å². The quantitative estimate of drug-likeness (QED) is 0.813. The lowest BCUT2D eigenvalue weighted by atomic mass is 10.1. The lowest BCUT2D eigenvalue weighted by Gasteiger charge is -1.99. The second kappa shape index (κ2) is 6.04. The molecule has 0 bridgehead atoms. The van der Waals surface area contributed by atoms with Gasteiger partial charge in [-0.1, -0.05) is 0 Å². The van der Waals surface area contributed by atoms with E-state index in [0.717, 1.165) is 34.9 Å². The lowest BCUT2D eigenvalue weighted by molar-refractivity contribution is 0.199. The molecule has 2 aromatic heterocycles. The molecule has 1 N–H and O–H groups in total. The van der Waals surface area contributed by atoms with Crippen LogP contribution in [0, 0.1) is 20.8 Å². The predicted molar refractivity (Wildman–Crippen MR) is 72.0 cm³/mol. The number of aromatic nitrogens is 1. The van der Waals surface area contributed by atoms with Gasteiger partial charge in [-0.25, -0.2) is 4.98 Å². The molecule has 2 heterocycles. The molecule has 5 heteroatoms. The van der Waals surface area contributed by atoms with E-state index < -0.39 is 0 Å². The molecule has 5 nitrogen and oxygen atoms in total. The highest BCUT2D eigenvalue weighted by molar-refractivity contribution is 5.62. The average molecular weight is 264 g/mol. The van der Waals surface area contributed by atoms with Crippen LogP contribution in [-0.4, -0.2) is 25.2 Å². The van der Waals surface area contributed by atoms with Gasteiger partial charge in [0.1, 0.15) is 17.8 Å². The van der Waals surface area contributed by atoms with E-state index in [-0.39, 0.29) is 0 Å². The first-order valence-electron chi connectivity index (χ1n) is 6.34. The molecule has 0 aliphatic carbocycles. The van der Waals surface area contributed by atoms with Crippen LogP contribution in [0.25, 0.3) is 11.5 Å². The molecule has 0 saturated heterocycles. The molecule has 0 atom stereocenters. The van der Waals surface area contributed by atoms with Gasteiger partial charge < -0.3 is 18.9 Å². The van der Waals surface area contributed by atoms with Crippen LogP contribution in [0.15, 0.2) is 15.1 Å². The van der Waals surface area contributed by atoms with Crippen molar-refractivity contribution in [1.82, 2.24) is 10.3 Å². The van der Waals surface area contributed by atoms with Gasteiger partial charge in [-0.15, -0.1) is 0 Å². The van der Waals surface area contributed by atoms with Crippen molar-refractivity contribution in [1.29, 1.82) is 0 Å². The molecule has 0 fully saturated rings. The van der Waals surface area contributed by atoms with Gasteiger partial charge in [0.05, 0.1) is 17.9 Å². The van der Waals surface area contributed by atoms with Crippen molar-refractivity contribution in [3.05, 3.63) is 29.0 Å². The largest absolute Gasteiger partial charge is 0.466 e. The summed E-state index contributed by atoms with van der Waals surface area (Å²) in [5, 5.41) is 3.23. The first-order valence-corrected chi connectivity index (χ1v) is 6.34. The Bertz CT molecular complexity index is 543. The number of ether oxygens (including phenoxy) is 1. The minimum Gasteiger partial charge on any atom is -0.466 e. The summed E-state index contributed by atoms with van der Waals surface area (Å²) >= 11 is 0. The Morgan fingerprint density at radius 1 is 1.26 bits per heavy atom. The maximum absolute atomic E-state index is 5.59. The molecule has 0 aliphatic rings. The van der Waals surface area contributed by atoms with Crippen LogP contribution in [0.4, 0.5) is 0 Å². The third-order valence-electron chi connectivity index (χ3n) is 3.12. The smallest absolute Gasteiger partial charge is 0.230 e. The van der Waals surface area contributed by atoms with Crippen LogP contribution in [-0.2, 0) is 11.3 Å². The van der Waals surface area contributed by atoms with E-state index in [1.54, 1.807) is 13.4 Å². The molecule has 0 aliphatic heterocycles. The van der Waals surface area contributed by atoms with E-state index in [1.165, 1.54) is 0 Å². The minimum atomic E-state index is 0.621. The summed E-state index contributed by atoms with van der Waals surface area (Å²) in [5.41, 5.74) is 2.92. The summed E-state index contributed by atoms with van der Waals surface area (Å²) in [5.74, 6) is 2.37. The first-order chi connectivity index (χ1) is 9.13. The predicted octanol–water partition coefficient (Wildman–Crippen LogP) is 2.60. The number of hydrogen-bond donors (Lipinski definition) is 1. The summed E-state index contributed by atoms with van der Waals surface area (Å²) in [6.07, 6.45) is 1.68. The number of furan rings is 1. The van der Waals surface area contributed by atoms with Gasteiger partial charge in [0, 0.05) is 25.8 Å². The molecule has 0 amide bonds. The molecule has 104 valence electrons. The zero-order chi connectivity index (χ0) is 13.8. The maximum atomic E-state index is 5.59. The zero-order valence-corrected chi connectivity index (χ0v) is 11.9. The molecular weight excluding hydrogens is 244 g/mol. The standard InChI is InChI=1S/C14H20N2O3/c1-9-10(2)19-11(3)13(9)14-16-12(8-18-14)7-15-5-6-17-4/h8,15H,5-7H2,1-4H3. The SMILES string of the molecule is COCCNCc1coc(-c2c(C)oc(C)c2C)n1. The van der Waals surface area contributed by atoms with E-state index in [1.807, 2.05) is 20.8 Å². The van der Waals surface area contributed by atoms with Crippen LogP contribution >= 0.6 is 0 Å². The van der Waals surface area contributed by atoms with Gasteiger partial charge in [-0.2, -0.15) is 0 Å². The second-order valence-electron chi connectivity index (χ2n) is 4.53. The van der Waals surface area contributed by atoms with Gasteiger partial charge in [0.25, 0.3) is 0 Å². The Balaban J connectivity index is 2.08. The van der Waals surface area contributed by atoms with Crippen molar-refractivity contribution in [2.45, 2.75) is 27.3 Å². The molecular formula is C14H20N2O3. The van der Waals surface area contributed by atoms with Crippen molar-refractivity contribution >= 4 is 0 Å². The normalized spacial score (nSPS) is 11.2. The highest BCUT2D eigenvalue weighted by Gasteiger charge is 2.17. The fraction of sp³-hybridized carbons (Fsp3) is 0.500. The Hall–Kier alpha value is -1.59. The molecule has 19 heavy (non-hydrogen) atoms. The van der Waals surface area contributed by atoms with Crippen molar-refractivity contribution in [2.75, 3.05) is 20.3 Å². The molecule has 0 aromatic carbocycles. The molecule has 2 rings (SSSR count). The highest BCUT2D eigenvalue weighted by Crippen LogP contribution is 2.30. The van der Waals surface area contributed by atoms with Crippen LogP contribution in [0.1, 0.15) is 22.8 Å². The molecule has 0 saturated carbocycles. The zero-order valence-electron chi connectivity index (χ0n) is 11.9. The summed E-state index contributed by atoms with van der Waals surface area (Å²) in [6.45, 7) is 8.03. The lowest BCUT2D eigenvalue weighted by Crippen LogP contribution is -2.18. The summed E-state index contributed by atoms with van der Waals surface area (Å²) in [4.78, 5) is 4.48. The second-order valence-corrected chi connectivity index (χ2v) is 4.53. The third kappa shape index (κ3) is 3.05. The summed E-state index contributed by atoms with van der Waals surface area (Å²) in [6, 6.07) is 0. The maximum Gasteiger partial charge on any atom is 0.230 e. The van der Waals surface area contributed by atoms with Crippen LogP contribution in [0.3, 0.4) is 0 Å². The van der Waals surface area contributed by atoms with Crippen molar-refractivity contribution in [3.63, 3.8) is 0 Å². The van der Waals surface area contributed by atoms with Gasteiger partial charge in [-0.3, -0.25) is 0 Å². The minimum absolute atomic E-state index is 0.621. The van der Waals surface area contributed by atoms with Crippen molar-refractivity contribution in [3.8, 4) is 11.5 Å². The van der Waals surface area contributed by atoms with E-state index in [9.17, 15) is 0 Å². The van der Waals surface area contributed by atoms with Gasteiger partial charge in [0.2, 0.25) is 5.89 Å².